The lowest BCUT2D eigenvalue weighted by Gasteiger charge is -2.19. The van der Waals surface area contributed by atoms with Crippen molar-refractivity contribution in [1.82, 2.24) is 16.2 Å². The fourth-order valence-corrected chi connectivity index (χ4v) is 3.88. The van der Waals surface area contributed by atoms with Crippen LogP contribution in [0.3, 0.4) is 0 Å². The minimum atomic E-state index is -0.107. The van der Waals surface area contributed by atoms with E-state index in [1.54, 1.807) is 11.3 Å². The van der Waals surface area contributed by atoms with Crippen LogP contribution in [-0.4, -0.2) is 17.1 Å². The van der Waals surface area contributed by atoms with Crippen molar-refractivity contribution in [2.24, 2.45) is 5.92 Å². The van der Waals surface area contributed by atoms with Crippen molar-refractivity contribution in [3.8, 4) is 0 Å². The number of thiocarbonyl (C=S) groups is 1. The lowest BCUT2D eigenvalue weighted by molar-refractivity contribution is 0.0942. The van der Waals surface area contributed by atoms with Crippen molar-refractivity contribution >= 4 is 34.6 Å². The number of carbonyl (C=O) groups is 1. The number of fused-ring (bicyclic) bond motifs is 1. The molecule has 0 unspecified atom stereocenters. The second kappa shape index (κ2) is 6.54. The monoisotopic (exact) mass is 311 g/mol. The summed E-state index contributed by atoms with van der Waals surface area (Å²) in [6.45, 7) is 6.25. The summed E-state index contributed by atoms with van der Waals surface area (Å²) in [7, 11) is 0. The molecular weight excluding hydrogens is 290 g/mol. The van der Waals surface area contributed by atoms with Crippen LogP contribution in [0.2, 0.25) is 0 Å². The molecule has 0 bridgehead atoms. The molecule has 3 N–H and O–H groups in total. The molecule has 1 aromatic rings. The van der Waals surface area contributed by atoms with E-state index in [2.05, 4.69) is 23.1 Å². The summed E-state index contributed by atoms with van der Waals surface area (Å²) in [5.74, 6) is 0.614. The number of hydrazine groups is 1. The average molecular weight is 311 g/mol. The second-order valence-corrected chi connectivity index (χ2v) is 6.98. The van der Waals surface area contributed by atoms with Crippen LogP contribution >= 0.6 is 23.6 Å². The number of amides is 1. The number of carbonyl (C=O) groups excluding carboxylic acids is 1. The Bertz CT molecular complexity index is 511. The van der Waals surface area contributed by atoms with Crippen molar-refractivity contribution in [3.63, 3.8) is 0 Å². The molecule has 0 spiro atoms. The Labute approximate surface area is 129 Å². The van der Waals surface area contributed by atoms with Crippen molar-refractivity contribution < 1.29 is 4.79 Å². The van der Waals surface area contributed by atoms with Gasteiger partial charge >= 0.3 is 0 Å². The van der Waals surface area contributed by atoms with Crippen LogP contribution in [0.1, 0.15) is 48.0 Å². The summed E-state index contributed by atoms with van der Waals surface area (Å²) < 4.78 is 0. The minimum Gasteiger partial charge on any atom is -0.359 e. The van der Waals surface area contributed by atoms with E-state index in [1.165, 1.54) is 10.4 Å². The van der Waals surface area contributed by atoms with Gasteiger partial charge < -0.3 is 5.32 Å². The van der Waals surface area contributed by atoms with Crippen LogP contribution in [0.4, 0.5) is 0 Å². The summed E-state index contributed by atoms with van der Waals surface area (Å²) in [6, 6.07) is 0.238. The number of hydrogen-bond donors (Lipinski definition) is 3. The quantitative estimate of drug-likeness (QED) is 0.580. The third kappa shape index (κ3) is 3.70. The predicted octanol–water partition coefficient (Wildman–Crippen LogP) is 2.39. The Morgan fingerprint density at radius 3 is 2.90 bits per heavy atom. The van der Waals surface area contributed by atoms with Gasteiger partial charge in [-0.15, -0.1) is 11.3 Å². The van der Waals surface area contributed by atoms with E-state index in [1.807, 2.05) is 19.2 Å². The maximum Gasteiger partial charge on any atom is 0.270 e. The third-order valence-corrected chi connectivity index (χ3v) is 4.63. The molecule has 1 aromatic heterocycles. The molecule has 0 saturated carbocycles. The van der Waals surface area contributed by atoms with Crippen molar-refractivity contribution in [1.29, 1.82) is 0 Å². The molecular formula is C14H21N3OS2. The summed E-state index contributed by atoms with van der Waals surface area (Å²) >= 11 is 6.77. The Hall–Kier alpha value is -1.14. The molecule has 0 fully saturated rings. The highest BCUT2D eigenvalue weighted by atomic mass is 32.1. The number of thiophene rings is 1. The van der Waals surface area contributed by atoms with Gasteiger partial charge in [-0.25, -0.2) is 0 Å². The van der Waals surface area contributed by atoms with E-state index in [0.717, 1.165) is 30.7 Å². The highest BCUT2D eigenvalue weighted by molar-refractivity contribution is 7.80. The summed E-state index contributed by atoms with van der Waals surface area (Å²) in [5.41, 5.74) is 7.41. The summed E-state index contributed by atoms with van der Waals surface area (Å²) in [4.78, 5) is 13.6. The first-order chi connectivity index (χ1) is 9.47. The molecule has 1 aliphatic rings. The van der Waals surface area contributed by atoms with Gasteiger partial charge in [-0.05, 0) is 56.8 Å². The van der Waals surface area contributed by atoms with Crippen LogP contribution < -0.4 is 16.2 Å². The SMILES string of the molecule is CC(C)NC(=S)NNC(=O)c1csc2c1CC[C@H](C)C2. The van der Waals surface area contributed by atoms with Crippen LogP contribution in [-0.2, 0) is 12.8 Å². The molecule has 1 aliphatic carbocycles. The van der Waals surface area contributed by atoms with E-state index >= 15 is 0 Å². The summed E-state index contributed by atoms with van der Waals surface area (Å²) in [6.07, 6.45) is 3.25. The first kappa shape index (κ1) is 15.3. The topological polar surface area (TPSA) is 53.2 Å². The molecule has 1 heterocycles. The van der Waals surface area contributed by atoms with Gasteiger partial charge in [-0.2, -0.15) is 0 Å². The van der Waals surface area contributed by atoms with Gasteiger partial charge in [0.2, 0.25) is 0 Å². The predicted molar refractivity (Wildman–Crippen MR) is 87.0 cm³/mol. The van der Waals surface area contributed by atoms with Crippen molar-refractivity contribution in [3.05, 3.63) is 21.4 Å². The van der Waals surface area contributed by atoms with E-state index in [0.29, 0.717) is 5.11 Å². The van der Waals surface area contributed by atoms with Crippen LogP contribution in [0.5, 0.6) is 0 Å². The molecule has 110 valence electrons. The number of nitrogens with one attached hydrogen (secondary N) is 3. The largest absolute Gasteiger partial charge is 0.359 e. The molecule has 20 heavy (non-hydrogen) atoms. The highest BCUT2D eigenvalue weighted by Gasteiger charge is 2.23. The third-order valence-electron chi connectivity index (χ3n) is 3.36. The van der Waals surface area contributed by atoms with Crippen LogP contribution in [0.25, 0.3) is 0 Å². The van der Waals surface area contributed by atoms with Gasteiger partial charge in [0.1, 0.15) is 0 Å². The van der Waals surface area contributed by atoms with Gasteiger partial charge in [0.05, 0.1) is 5.56 Å². The molecule has 2 rings (SSSR count). The normalized spacial score (nSPS) is 17.5. The van der Waals surface area contributed by atoms with Crippen LogP contribution in [0, 0.1) is 5.92 Å². The van der Waals surface area contributed by atoms with Crippen molar-refractivity contribution in [2.75, 3.05) is 0 Å². The Kier molecular flexibility index (Phi) is 4.99. The lowest BCUT2D eigenvalue weighted by Crippen LogP contribution is -2.48. The molecule has 1 atom stereocenters. The highest BCUT2D eigenvalue weighted by Crippen LogP contribution is 2.32. The number of rotatable bonds is 2. The zero-order chi connectivity index (χ0) is 14.7. The summed E-state index contributed by atoms with van der Waals surface area (Å²) in [5, 5.41) is 5.41. The molecule has 0 radical (unpaired) electrons. The molecule has 4 nitrogen and oxygen atoms in total. The van der Waals surface area contributed by atoms with E-state index in [-0.39, 0.29) is 11.9 Å². The first-order valence-corrected chi connectivity index (χ1v) is 8.22. The zero-order valence-corrected chi connectivity index (χ0v) is 13.7. The molecule has 1 amide bonds. The molecule has 0 saturated heterocycles. The molecule has 6 heteroatoms. The first-order valence-electron chi connectivity index (χ1n) is 6.93. The van der Waals surface area contributed by atoms with Gasteiger partial charge in [0.15, 0.2) is 5.11 Å². The Morgan fingerprint density at radius 2 is 2.20 bits per heavy atom. The fraction of sp³-hybridized carbons (Fsp3) is 0.571. The van der Waals surface area contributed by atoms with Gasteiger partial charge in [0.25, 0.3) is 5.91 Å². The Morgan fingerprint density at radius 1 is 1.45 bits per heavy atom. The van der Waals surface area contributed by atoms with Crippen LogP contribution in [0.15, 0.2) is 5.38 Å². The number of hydrogen-bond acceptors (Lipinski definition) is 3. The fourth-order valence-electron chi connectivity index (χ4n) is 2.35. The van der Waals surface area contributed by atoms with Crippen molar-refractivity contribution in [2.45, 2.75) is 46.1 Å². The zero-order valence-electron chi connectivity index (χ0n) is 12.1. The maximum absolute atomic E-state index is 12.2. The molecule has 0 aliphatic heterocycles. The van der Waals surface area contributed by atoms with Gasteiger partial charge in [-0.1, -0.05) is 6.92 Å². The van der Waals surface area contributed by atoms with E-state index < -0.39 is 0 Å². The smallest absolute Gasteiger partial charge is 0.270 e. The lowest BCUT2D eigenvalue weighted by atomic mass is 9.88. The minimum absolute atomic E-state index is 0.107. The van der Waals surface area contributed by atoms with E-state index in [4.69, 9.17) is 12.2 Å². The second-order valence-electron chi connectivity index (χ2n) is 5.61. The standard InChI is InChI=1S/C14H21N3OS2/c1-8(2)15-14(19)17-16-13(18)11-7-20-12-6-9(3)4-5-10(11)12/h7-9H,4-6H2,1-3H3,(H,16,18)(H2,15,17,19)/t9-/m0/s1. The van der Waals surface area contributed by atoms with Gasteiger partial charge in [0, 0.05) is 16.3 Å². The maximum atomic E-state index is 12.2. The molecule has 0 aromatic carbocycles. The van der Waals surface area contributed by atoms with E-state index in [9.17, 15) is 4.79 Å². The average Bonchev–Trinajstić information content (AvgIpc) is 2.78. The Balaban J connectivity index is 1.95. The van der Waals surface area contributed by atoms with Gasteiger partial charge in [-0.3, -0.25) is 15.6 Å².